The van der Waals surface area contributed by atoms with Crippen LogP contribution in [0.25, 0.3) is 0 Å². The zero-order valence-electron chi connectivity index (χ0n) is 20.8. The van der Waals surface area contributed by atoms with Crippen molar-refractivity contribution >= 4 is 23.5 Å². The number of ketones is 1. The Labute approximate surface area is 210 Å². The molecule has 3 heterocycles. The molecule has 0 N–H and O–H groups in total. The van der Waals surface area contributed by atoms with E-state index in [1.165, 1.54) is 0 Å². The fourth-order valence-corrected chi connectivity index (χ4v) is 5.49. The molecule has 0 saturated carbocycles. The van der Waals surface area contributed by atoms with E-state index in [-0.39, 0.29) is 24.0 Å². The predicted octanol–water partition coefficient (Wildman–Crippen LogP) is 3.73. The Balaban J connectivity index is 1.35. The molecule has 1 spiro atoms. The molecule has 3 aliphatic heterocycles. The monoisotopic (exact) mass is 490 g/mol. The summed E-state index contributed by atoms with van der Waals surface area (Å²) in [6.07, 6.45) is 1.85. The van der Waals surface area contributed by atoms with Gasteiger partial charge in [0.05, 0.1) is 30.2 Å². The molecular formula is C28H30N2O6. The number of Topliss-reactive ketones (excluding diaryl/α,β-unsaturated/α-hetero) is 1. The van der Waals surface area contributed by atoms with Crippen molar-refractivity contribution in [1.82, 2.24) is 9.80 Å². The third-order valence-electron chi connectivity index (χ3n) is 7.82. The van der Waals surface area contributed by atoms with E-state index in [1.54, 1.807) is 54.5 Å². The summed E-state index contributed by atoms with van der Waals surface area (Å²) in [7, 11) is 1.56. The van der Waals surface area contributed by atoms with E-state index in [9.17, 15) is 19.2 Å². The average molecular weight is 491 g/mol. The van der Waals surface area contributed by atoms with Crippen molar-refractivity contribution in [1.29, 1.82) is 0 Å². The van der Waals surface area contributed by atoms with Crippen LogP contribution in [-0.2, 0) is 4.79 Å². The highest BCUT2D eigenvalue weighted by molar-refractivity contribution is 6.22. The second-order valence-electron chi connectivity index (χ2n) is 9.93. The number of nitrogens with zero attached hydrogens (tertiary/aromatic N) is 2. The van der Waals surface area contributed by atoms with Gasteiger partial charge in [0, 0.05) is 32.0 Å². The van der Waals surface area contributed by atoms with Crippen LogP contribution in [0.1, 0.15) is 70.6 Å². The van der Waals surface area contributed by atoms with Crippen LogP contribution in [0.5, 0.6) is 11.5 Å². The summed E-state index contributed by atoms with van der Waals surface area (Å²) in [6, 6.07) is 11.0. The van der Waals surface area contributed by atoms with Gasteiger partial charge in [-0.3, -0.25) is 24.1 Å². The van der Waals surface area contributed by atoms with E-state index in [0.29, 0.717) is 60.5 Å². The molecule has 2 aromatic carbocycles. The van der Waals surface area contributed by atoms with Crippen molar-refractivity contribution in [2.24, 2.45) is 5.92 Å². The zero-order valence-corrected chi connectivity index (χ0v) is 20.8. The van der Waals surface area contributed by atoms with Crippen LogP contribution in [0.3, 0.4) is 0 Å². The van der Waals surface area contributed by atoms with Gasteiger partial charge in [0.25, 0.3) is 11.8 Å². The third-order valence-corrected chi connectivity index (χ3v) is 7.82. The minimum atomic E-state index is -0.879. The van der Waals surface area contributed by atoms with Crippen molar-refractivity contribution in [3.63, 3.8) is 0 Å². The number of amides is 3. The van der Waals surface area contributed by atoms with E-state index in [0.717, 1.165) is 4.90 Å². The van der Waals surface area contributed by atoms with E-state index in [2.05, 4.69) is 0 Å². The van der Waals surface area contributed by atoms with Crippen molar-refractivity contribution in [2.75, 3.05) is 20.2 Å². The van der Waals surface area contributed by atoms with Crippen LogP contribution in [0.4, 0.5) is 0 Å². The first-order valence-electron chi connectivity index (χ1n) is 12.4. The largest absolute Gasteiger partial charge is 0.497 e. The number of fused-ring (bicyclic) bond motifs is 2. The normalized spacial score (nSPS) is 20.0. The molecule has 36 heavy (non-hydrogen) atoms. The summed E-state index contributed by atoms with van der Waals surface area (Å²) >= 11 is 0. The number of carbonyl (C=O) groups is 4. The summed E-state index contributed by atoms with van der Waals surface area (Å²) in [6.45, 7) is 4.59. The predicted molar refractivity (Wildman–Crippen MR) is 131 cm³/mol. The number of piperidine rings is 1. The molecular weight excluding hydrogens is 460 g/mol. The minimum Gasteiger partial charge on any atom is -0.497 e. The molecule has 3 amide bonds. The lowest BCUT2D eigenvalue weighted by Gasteiger charge is -2.45. The topological polar surface area (TPSA) is 93.2 Å². The Hall–Kier alpha value is -3.68. The summed E-state index contributed by atoms with van der Waals surface area (Å²) in [5.74, 6) is -0.149. The van der Waals surface area contributed by atoms with Gasteiger partial charge in [0.15, 0.2) is 5.78 Å². The zero-order chi connectivity index (χ0) is 25.6. The number of likely N-dealkylation sites (tertiary alicyclic amines) is 1. The molecule has 188 valence electrons. The number of ether oxygens (including phenoxy) is 2. The van der Waals surface area contributed by atoms with Crippen molar-refractivity contribution < 1.29 is 28.7 Å². The summed E-state index contributed by atoms with van der Waals surface area (Å²) in [4.78, 5) is 55.9. The maximum absolute atomic E-state index is 13.8. The van der Waals surface area contributed by atoms with Crippen molar-refractivity contribution in [3.05, 3.63) is 59.2 Å². The number of hydrogen-bond donors (Lipinski definition) is 0. The van der Waals surface area contributed by atoms with Crippen LogP contribution in [0, 0.1) is 5.92 Å². The highest BCUT2D eigenvalue weighted by Gasteiger charge is 2.48. The van der Waals surface area contributed by atoms with Gasteiger partial charge in [-0.2, -0.15) is 0 Å². The Kier molecular flexibility index (Phi) is 6.06. The SMILES string of the molecule is CCC(C)C(C(=O)N1CCC2(CC1)CC(=O)c1ccc(OC)cc1O2)N1C(=O)c2ccccc2C1=O. The first-order chi connectivity index (χ1) is 17.3. The number of rotatable bonds is 5. The van der Waals surface area contributed by atoms with Crippen LogP contribution in [0.2, 0.25) is 0 Å². The quantitative estimate of drug-likeness (QED) is 0.593. The molecule has 0 bridgehead atoms. The smallest absolute Gasteiger partial charge is 0.262 e. The third kappa shape index (κ3) is 3.85. The number of methoxy groups -OCH3 is 1. The number of carbonyl (C=O) groups excluding carboxylic acids is 4. The van der Waals surface area contributed by atoms with Crippen LogP contribution in [-0.4, -0.2) is 65.1 Å². The first kappa shape index (κ1) is 24.0. The molecule has 8 heteroatoms. The number of imide groups is 1. The van der Waals surface area contributed by atoms with Crippen LogP contribution in [0.15, 0.2) is 42.5 Å². The van der Waals surface area contributed by atoms with E-state index < -0.39 is 23.5 Å². The Morgan fingerprint density at radius 3 is 2.25 bits per heavy atom. The summed E-state index contributed by atoms with van der Waals surface area (Å²) in [5.41, 5.74) is 0.533. The summed E-state index contributed by atoms with van der Waals surface area (Å²) in [5, 5.41) is 0. The molecule has 2 aromatic rings. The number of hydrogen-bond acceptors (Lipinski definition) is 6. The highest BCUT2D eigenvalue weighted by Crippen LogP contribution is 2.41. The maximum Gasteiger partial charge on any atom is 0.262 e. The fourth-order valence-electron chi connectivity index (χ4n) is 5.49. The van der Waals surface area contributed by atoms with Crippen LogP contribution >= 0.6 is 0 Å². The fraction of sp³-hybridized carbons (Fsp3) is 0.429. The standard InChI is InChI=1S/C28H30N2O6/c1-4-17(2)24(30-25(32)19-7-5-6-8-20(19)26(30)33)27(34)29-13-11-28(12-14-29)16-22(31)21-10-9-18(35-3)15-23(21)36-28/h5-10,15,17,24H,4,11-14,16H2,1-3H3. The second-order valence-corrected chi connectivity index (χ2v) is 9.93. The van der Waals surface area contributed by atoms with Crippen molar-refractivity contribution in [3.8, 4) is 11.5 Å². The maximum atomic E-state index is 13.8. The molecule has 5 rings (SSSR count). The second kappa shape index (κ2) is 9.08. The Morgan fingerprint density at radius 2 is 1.67 bits per heavy atom. The molecule has 2 unspecified atom stereocenters. The van der Waals surface area contributed by atoms with Gasteiger partial charge >= 0.3 is 0 Å². The van der Waals surface area contributed by atoms with Gasteiger partial charge in [-0.25, -0.2) is 0 Å². The van der Waals surface area contributed by atoms with Gasteiger partial charge in [-0.15, -0.1) is 0 Å². The van der Waals surface area contributed by atoms with Gasteiger partial charge < -0.3 is 14.4 Å². The van der Waals surface area contributed by atoms with E-state index >= 15 is 0 Å². The molecule has 0 aromatic heterocycles. The molecule has 1 saturated heterocycles. The highest BCUT2D eigenvalue weighted by atomic mass is 16.5. The van der Waals surface area contributed by atoms with Crippen molar-refractivity contribution in [2.45, 2.75) is 51.2 Å². The van der Waals surface area contributed by atoms with Gasteiger partial charge in [0.2, 0.25) is 5.91 Å². The van der Waals surface area contributed by atoms with Gasteiger partial charge in [0.1, 0.15) is 23.1 Å². The summed E-state index contributed by atoms with van der Waals surface area (Å²) < 4.78 is 11.6. The Bertz CT molecular complexity index is 1210. The molecule has 2 atom stereocenters. The molecule has 1 fully saturated rings. The lowest BCUT2D eigenvalue weighted by atomic mass is 9.82. The first-order valence-corrected chi connectivity index (χ1v) is 12.4. The molecule has 0 aliphatic carbocycles. The minimum absolute atomic E-state index is 0.0159. The van der Waals surface area contributed by atoms with Gasteiger partial charge in [-0.1, -0.05) is 32.4 Å². The lowest BCUT2D eigenvalue weighted by molar-refractivity contribution is -0.140. The molecule has 8 nitrogen and oxygen atoms in total. The number of benzene rings is 2. The van der Waals surface area contributed by atoms with E-state index in [4.69, 9.17) is 9.47 Å². The van der Waals surface area contributed by atoms with Crippen LogP contribution < -0.4 is 9.47 Å². The Morgan fingerprint density at radius 1 is 1.03 bits per heavy atom. The average Bonchev–Trinajstić information content (AvgIpc) is 3.14. The molecule has 3 aliphatic rings. The van der Waals surface area contributed by atoms with E-state index in [1.807, 2.05) is 13.8 Å². The lowest BCUT2D eigenvalue weighted by Crippen LogP contribution is -2.58. The van der Waals surface area contributed by atoms with Gasteiger partial charge in [-0.05, 0) is 30.2 Å². The molecule has 0 radical (unpaired) electrons.